The number of benzene rings is 2. The number of rotatable bonds is 7. The van der Waals surface area contributed by atoms with E-state index in [-0.39, 0.29) is 0 Å². The highest BCUT2D eigenvalue weighted by Gasteiger charge is 2.09. The van der Waals surface area contributed by atoms with Gasteiger partial charge in [-0.05, 0) is 36.0 Å². The van der Waals surface area contributed by atoms with Gasteiger partial charge in [0.2, 0.25) is 0 Å². The Bertz CT molecular complexity index is 632. The van der Waals surface area contributed by atoms with Crippen LogP contribution >= 0.6 is 0 Å². The van der Waals surface area contributed by atoms with Crippen molar-refractivity contribution in [2.24, 2.45) is 0 Å². The first kappa shape index (κ1) is 16.3. The summed E-state index contributed by atoms with van der Waals surface area (Å²) in [7, 11) is 1.90. The third kappa shape index (κ3) is 3.77. The van der Waals surface area contributed by atoms with E-state index in [4.69, 9.17) is 5.41 Å². The highest BCUT2D eigenvalue weighted by atomic mass is 15.1. The molecule has 0 amide bonds. The van der Waals surface area contributed by atoms with Gasteiger partial charge in [-0.2, -0.15) is 0 Å². The summed E-state index contributed by atoms with van der Waals surface area (Å²) in [5, 5.41) is 17.1. The Morgan fingerprint density at radius 1 is 1.09 bits per heavy atom. The van der Waals surface area contributed by atoms with Crippen molar-refractivity contribution >= 4 is 22.3 Å². The molecule has 0 spiro atoms. The molecule has 4 heteroatoms. The van der Waals surface area contributed by atoms with Gasteiger partial charge in [0, 0.05) is 31.4 Å². The molecule has 0 fully saturated rings. The van der Waals surface area contributed by atoms with E-state index in [1.165, 1.54) is 5.39 Å². The zero-order chi connectivity index (χ0) is 15.9. The van der Waals surface area contributed by atoms with Gasteiger partial charge in [0.15, 0.2) is 0 Å². The average Bonchev–Trinajstić information content (AvgIpc) is 2.57. The molecular weight excluding hydrogens is 272 g/mol. The second kappa shape index (κ2) is 7.80. The quantitative estimate of drug-likeness (QED) is 0.544. The minimum Gasteiger partial charge on any atom is -0.388 e. The van der Waals surface area contributed by atoms with Crippen molar-refractivity contribution in [1.82, 2.24) is 10.2 Å². The van der Waals surface area contributed by atoms with Crippen molar-refractivity contribution in [3.63, 3.8) is 0 Å². The van der Waals surface area contributed by atoms with Gasteiger partial charge in [0.05, 0.1) is 0 Å². The van der Waals surface area contributed by atoms with Crippen molar-refractivity contribution in [3.05, 3.63) is 42.0 Å². The van der Waals surface area contributed by atoms with Crippen LogP contribution in [0.3, 0.4) is 0 Å². The molecule has 0 radical (unpaired) electrons. The molecule has 0 bridgehead atoms. The van der Waals surface area contributed by atoms with Crippen LogP contribution in [0.25, 0.3) is 10.8 Å². The van der Waals surface area contributed by atoms with Gasteiger partial charge in [0.1, 0.15) is 5.84 Å². The summed E-state index contributed by atoms with van der Waals surface area (Å²) < 4.78 is 0. The number of nitrogens with zero attached hydrogens (tertiary/aromatic N) is 1. The van der Waals surface area contributed by atoms with Crippen LogP contribution in [0.4, 0.5) is 5.69 Å². The minimum atomic E-state index is 0.474. The molecule has 2 aromatic rings. The van der Waals surface area contributed by atoms with Crippen LogP contribution in [0.15, 0.2) is 36.4 Å². The second-order valence-corrected chi connectivity index (χ2v) is 5.32. The van der Waals surface area contributed by atoms with Crippen LogP contribution in [0.5, 0.6) is 0 Å². The lowest BCUT2D eigenvalue weighted by atomic mass is 10.0. The first-order chi connectivity index (χ1) is 10.7. The molecule has 0 unspecified atom stereocenters. The third-order valence-corrected chi connectivity index (χ3v) is 4.05. The maximum atomic E-state index is 8.34. The molecule has 22 heavy (non-hydrogen) atoms. The topological polar surface area (TPSA) is 51.2 Å². The highest BCUT2D eigenvalue weighted by Crippen LogP contribution is 2.23. The van der Waals surface area contributed by atoms with Crippen LogP contribution in [-0.2, 0) is 0 Å². The Hall–Kier alpha value is -2.07. The van der Waals surface area contributed by atoms with Gasteiger partial charge in [-0.3, -0.25) is 5.41 Å². The van der Waals surface area contributed by atoms with Gasteiger partial charge in [-0.1, -0.05) is 38.1 Å². The van der Waals surface area contributed by atoms with Gasteiger partial charge >= 0.3 is 0 Å². The van der Waals surface area contributed by atoms with Crippen LogP contribution < -0.4 is 10.6 Å². The first-order valence-electron chi connectivity index (χ1n) is 7.95. The van der Waals surface area contributed by atoms with E-state index in [9.17, 15) is 0 Å². The molecule has 118 valence electrons. The van der Waals surface area contributed by atoms with E-state index in [2.05, 4.69) is 53.6 Å². The molecule has 0 aromatic heterocycles. The lowest BCUT2D eigenvalue weighted by Gasteiger charge is -2.19. The largest absolute Gasteiger partial charge is 0.388 e. The van der Waals surface area contributed by atoms with E-state index in [0.717, 1.165) is 42.8 Å². The fraction of sp³-hybridized carbons (Fsp3) is 0.389. The fourth-order valence-corrected chi connectivity index (χ4v) is 2.63. The van der Waals surface area contributed by atoms with Crippen LogP contribution in [0, 0.1) is 5.41 Å². The summed E-state index contributed by atoms with van der Waals surface area (Å²) in [6.45, 7) is 8.16. The number of nitrogens with one attached hydrogen (secondary N) is 3. The van der Waals surface area contributed by atoms with Crippen LogP contribution in [0.2, 0.25) is 0 Å². The summed E-state index contributed by atoms with van der Waals surface area (Å²) >= 11 is 0. The minimum absolute atomic E-state index is 0.474. The number of hydrogen-bond acceptors (Lipinski definition) is 3. The molecular formula is C18H26N4. The molecule has 0 aliphatic heterocycles. The van der Waals surface area contributed by atoms with Crippen LogP contribution in [0.1, 0.15) is 19.4 Å². The third-order valence-electron chi connectivity index (χ3n) is 4.05. The Kier molecular flexibility index (Phi) is 5.78. The zero-order valence-electron chi connectivity index (χ0n) is 13.7. The Labute approximate surface area is 133 Å². The Morgan fingerprint density at radius 2 is 1.73 bits per heavy atom. The number of likely N-dealkylation sites (N-methyl/N-ethyl adjacent to an activating group) is 1. The maximum Gasteiger partial charge on any atom is 0.127 e. The molecule has 2 aromatic carbocycles. The van der Waals surface area contributed by atoms with E-state index >= 15 is 0 Å². The first-order valence-corrected chi connectivity index (χ1v) is 7.95. The van der Waals surface area contributed by atoms with Crippen molar-refractivity contribution in [3.8, 4) is 0 Å². The predicted molar refractivity (Wildman–Crippen MR) is 96.1 cm³/mol. The van der Waals surface area contributed by atoms with Gasteiger partial charge in [-0.25, -0.2) is 0 Å². The van der Waals surface area contributed by atoms with Gasteiger partial charge in [-0.15, -0.1) is 0 Å². The smallest absolute Gasteiger partial charge is 0.127 e. The van der Waals surface area contributed by atoms with Gasteiger partial charge in [0.25, 0.3) is 0 Å². The van der Waals surface area contributed by atoms with Gasteiger partial charge < -0.3 is 15.5 Å². The van der Waals surface area contributed by atoms with E-state index in [1.807, 2.05) is 19.2 Å². The van der Waals surface area contributed by atoms with Crippen molar-refractivity contribution < 1.29 is 0 Å². The predicted octanol–water partition coefficient (Wildman–Crippen LogP) is 3.14. The lowest BCUT2D eigenvalue weighted by molar-refractivity contribution is 0.308. The highest BCUT2D eigenvalue weighted by molar-refractivity contribution is 6.05. The molecule has 0 aliphatic carbocycles. The summed E-state index contributed by atoms with van der Waals surface area (Å²) in [5.74, 6) is 0.474. The number of fused-ring (bicyclic) bond motifs is 1. The fourth-order valence-electron chi connectivity index (χ4n) is 2.63. The molecule has 0 saturated carbocycles. The molecule has 4 nitrogen and oxygen atoms in total. The Balaban J connectivity index is 2.13. The summed E-state index contributed by atoms with van der Waals surface area (Å²) in [6.07, 6.45) is 0. The molecule has 0 saturated heterocycles. The van der Waals surface area contributed by atoms with Crippen molar-refractivity contribution in [2.45, 2.75) is 13.8 Å². The monoisotopic (exact) mass is 298 g/mol. The molecule has 3 N–H and O–H groups in total. The average molecular weight is 298 g/mol. The summed E-state index contributed by atoms with van der Waals surface area (Å²) in [5.41, 5.74) is 1.90. The molecule has 0 aliphatic rings. The van der Waals surface area contributed by atoms with E-state index in [1.54, 1.807) is 0 Å². The summed E-state index contributed by atoms with van der Waals surface area (Å²) in [6, 6.07) is 12.4. The molecule has 0 atom stereocenters. The SMILES string of the molecule is CCN(CC)CCNC(=N)c1cc2ccccc2cc1NC. The number of hydrogen-bond donors (Lipinski definition) is 3. The summed E-state index contributed by atoms with van der Waals surface area (Å²) in [4.78, 5) is 2.35. The number of anilines is 1. The lowest BCUT2D eigenvalue weighted by Crippen LogP contribution is -2.35. The standard InChI is InChI=1S/C18H26N4/c1-4-22(5-2)11-10-21-18(19)16-12-14-8-6-7-9-15(14)13-17(16)20-3/h6-9,12-13,20H,4-5,10-11H2,1-3H3,(H2,19,21). The van der Waals surface area contributed by atoms with Crippen LogP contribution in [-0.4, -0.2) is 44.0 Å². The normalized spacial score (nSPS) is 10.9. The molecule has 2 rings (SSSR count). The van der Waals surface area contributed by atoms with Crippen molar-refractivity contribution in [1.29, 1.82) is 5.41 Å². The van der Waals surface area contributed by atoms with E-state index < -0.39 is 0 Å². The number of amidine groups is 1. The second-order valence-electron chi connectivity index (χ2n) is 5.32. The van der Waals surface area contributed by atoms with Crippen molar-refractivity contribution in [2.75, 3.05) is 38.5 Å². The zero-order valence-corrected chi connectivity index (χ0v) is 13.7. The Morgan fingerprint density at radius 3 is 2.32 bits per heavy atom. The maximum absolute atomic E-state index is 8.34. The van der Waals surface area contributed by atoms with E-state index in [0.29, 0.717) is 5.84 Å². The molecule has 0 heterocycles.